The number of aromatic nitrogens is 1. The molecule has 1 aromatic rings. The minimum atomic E-state index is -3.57. The number of hydrogen-bond acceptors (Lipinski definition) is 4. The molecule has 0 spiro atoms. The average Bonchev–Trinajstić information content (AvgIpc) is 2.93. The molecule has 2 rings (SSSR count). The van der Waals surface area contributed by atoms with Crippen LogP contribution in [-0.4, -0.2) is 26.0 Å². The van der Waals surface area contributed by atoms with Crippen molar-refractivity contribution in [1.82, 2.24) is 9.71 Å². The van der Waals surface area contributed by atoms with Gasteiger partial charge in [-0.25, -0.2) is 18.1 Å². The third kappa shape index (κ3) is 3.49. The maximum absolute atomic E-state index is 12.5. The first-order chi connectivity index (χ1) is 9.54. The van der Waals surface area contributed by atoms with Crippen molar-refractivity contribution in [2.75, 3.05) is 11.9 Å². The molecular formula is C14H23N3O2S. The van der Waals surface area contributed by atoms with Crippen LogP contribution in [0.25, 0.3) is 0 Å². The molecule has 6 heteroatoms. The first-order valence-corrected chi connectivity index (χ1v) is 8.74. The van der Waals surface area contributed by atoms with Gasteiger partial charge < -0.3 is 5.32 Å². The average molecular weight is 297 g/mol. The molecule has 20 heavy (non-hydrogen) atoms. The van der Waals surface area contributed by atoms with Gasteiger partial charge in [0.05, 0.1) is 5.69 Å². The van der Waals surface area contributed by atoms with Crippen LogP contribution in [0.4, 0.5) is 5.69 Å². The van der Waals surface area contributed by atoms with Crippen LogP contribution in [0.5, 0.6) is 0 Å². The smallest absolute Gasteiger partial charge is 0.260 e. The van der Waals surface area contributed by atoms with Crippen molar-refractivity contribution in [3.8, 4) is 0 Å². The van der Waals surface area contributed by atoms with Crippen molar-refractivity contribution in [3.05, 3.63) is 18.3 Å². The Kier molecular flexibility index (Phi) is 4.99. The van der Waals surface area contributed by atoms with Crippen LogP contribution >= 0.6 is 0 Å². The van der Waals surface area contributed by atoms with Gasteiger partial charge in [0.1, 0.15) is 0 Å². The minimum absolute atomic E-state index is 0.0426. The Hall–Kier alpha value is -1.14. The first-order valence-electron chi connectivity index (χ1n) is 7.26. The van der Waals surface area contributed by atoms with Crippen LogP contribution in [0.3, 0.4) is 0 Å². The number of pyridine rings is 1. The normalized spacial score (nSPS) is 18.1. The van der Waals surface area contributed by atoms with Crippen molar-refractivity contribution in [2.45, 2.75) is 50.6 Å². The zero-order valence-corrected chi connectivity index (χ0v) is 12.9. The van der Waals surface area contributed by atoms with Gasteiger partial charge in [0.2, 0.25) is 0 Å². The fourth-order valence-electron chi connectivity index (χ4n) is 2.78. The second kappa shape index (κ2) is 6.54. The van der Waals surface area contributed by atoms with Crippen LogP contribution in [0.15, 0.2) is 23.4 Å². The maximum Gasteiger partial charge on any atom is 0.260 e. The maximum atomic E-state index is 12.5. The molecule has 0 saturated heterocycles. The Morgan fingerprint density at radius 3 is 2.75 bits per heavy atom. The molecule has 2 N–H and O–H groups in total. The predicted octanol–water partition coefficient (Wildman–Crippen LogP) is 2.37. The zero-order valence-electron chi connectivity index (χ0n) is 12.1. The highest BCUT2D eigenvalue weighted by Gasteiger charge is 2.28. The third-order valence-electron chi connectivity index (χ3n) is 3.84. The lowest BCUT2D eigenvalue weighted by Gasteiger charge is -2.20. The van der Waals surface area contributed by atoms with E-state index in [0.717, 1.165) is 12.8 Å². The molecule has 1 aliphatic carbocycles. The highest BCUT2D eigenvalue weighted by atomic mass is 32.2. The molecule has 1 saturated carbocycles. The van der Waals surface area contributed by atoms with E-state index in [4.69, 9.17) is 0 Å². The monoisotopic (exact) mass is 297 g/mol. The second-order valence-corrected chi connectivity index (χ2v) is 6.97. The Labute approximate surface area is 121 Å². The summed E-state index contributed by atoms with van der Waals surface area (Å²) in [4.78, 5) is 4.04. The van der Waals surface area contributed by atoms with Gasteiger partial charge in [0.25, 0.3) is 10.0 Å². The molecule has 1 aliphatic rings. The van der Waals surface area contributed by atoms with E-state index in [-0.39, 0.29) is 11.1 Å². The summed E-state index contributed by atoms with van der Waals surface area (Å²) in [5.41, 5.74) is 0.557. The fraction of sp³-hybridized carbons (Fsp3) is 0.643. The zero-order chi connectivity index (χ0) is 14.6. The van der Waals surface area contributed by atoms with Crippen LogP contribution < -0.4 is 10.0 Å². The fourth-order valence-corrected chi connectivity index (χ4v) is 4.21. The van der Waals surface area contributed by atoms with Crippen molar-refractivity contribution in [1.29, 1.82) is 0 Å². The number of hydrogen-bond donors (Lipinski definition) is 2. The first kappa shape index (κ1) is 15.3. The molecule has 1 aromatic heterocycles. The second-order valence-electron chi connectivity index (χ2n) is 5.34. The minimum Gasteiger partial charge on any atom is -0.383 e. The molecule has 1 unspecified atom stereocenters. The van der Waals surface area contributed by atoms with Crippen molar-refractivity contribution < 1.29 is 8.42 Å². The van der Waals surface area contributed by atoms with E-state index in [1.54, 1.807) is 12.1 Å². The highest BCUT2D eigenvalue weighted by molar-refractivity contribution is 7.89. The van der Waals surface area contributed by atoms with Gasteiger partial charge in [-0.15, -0.1) is 0 Å². The molecule has 1 heterocycles. The van der Waals surface area contributed by atoms with Crippen LogP contribution in [-0.2, 0) is 10.0 Å². The lowest BCUT2D eigenvalue weighted by Crippen LogP contribution is -2.37. The summed E-state index contributed by atoms with van der Waals surface area (Å²) in [6.07, 6.45) is 6.11. The van der Waals surface area contributed by atoms with Gasteiger partial charge >= 0.3 is 0 Å². The van der Waals surface area contributed by atoms with Crippen LogP contribution in [0, 0.1) is 5.92 Å². The van der Waals surface area contributed by atoms with Crippen LogP contribution in [0.1, 0.15) is 39.5 Å². The van der Waals surface area contributed by atoms with E-state index < -0.39 is 10.0 Å². The largest absolute Gasteiger partial charge is 0.383 e. The van der Waals surface area contributed by atoms with E-state index in [2.05, 4.69) is 15.0 Å². The van der Waals surface area contributed by atoms with Gasteiger partial charge in [0.15, 0.2) is 5.03 Å². The summed E-state index contributed by atoms with van der Waals surface area (Å²) in [6, 6.07) is 3.43. The number of sulfonamides is 1. The summed E-state index contributed by atoms with van der Waals surface area (Å²) in [5, 5.41) is 3.13. The molecule has 0 aromatic carbocycles. The Bertz CT molecular complexity index is 539. The van der Waals surface area contributed by atoms with Crippen molar-refractivity contribution >= 4 is 15.7 Å². The van der Waals surface area contributed by atoms with Crippen molar-refractivity contribution in [3.63, 3.8) is 0 Å². The molecule has 5 nitrogen and oxygen atoms in total. The van der Waals surface area contributed by atoms with Crippen LogP contribution in [0.2, 0.25) is 0 Å². The lowest BCUT2D eigenvalue weighted by molar-refractivity contribution is 0.423. The SMILES string of the molecule is CCNc1cccnc1S(=O)(=O)NC(C)C1CCCC1. The Morgan fingerprint density at radius 2 is 2.10 bits per heavy atom. The molecule has 0 aliphatic heterocycles. The summed E-state index contributed by atoms with van der Waals surface area (Å²) in [7, 11) is -3.57. The Morgan fingerprint density at radius 1 is 1.40 bits per heavy atom. The lowest BCUT2D eigenvalue weighted by atomic mass is 10.0. The predicted molar refractivity (Wildman–Crippen MR) is 80.1 cm³/mol. The van der Waals surface area contributed by atoms with E-state index >= 15 is 0 Å². The Balaban J connectivity index is 2.17. The van der Waals surface area contributed by atoms with Gasteiger partial charge in [-0.2, -0.15) is 0 Å². The van der Waals surface area contributed by atoms with E-state index in [0.29, 0.717) is 18.2 Å². The number of rotatable bonds is 6. The van der Waals surface area contributed by atoms with Crippen molar-refractivity contribution in [2.24, 2.45) is 5.92 Å². The molecule has 1 atom stereocenters. The number of nitrogens with zero attached hydrogens (tertiary/aromatic N) is 1. The molecule has 0 radical (unpaired) electrons. The number of nitrogens with one attached hydrogen (secondary N) is 2. The van der Waals surface area contributed by atoms with Gasteiger partial charge in [-0.3, -0.25) is 0 Å². The number of anilines is 1. The molecule has 0 bridgehead atoms. The van der Waals surface area contributed by atoms with Gasteiger partial charge in [0, 0.05) is 18.8 Å². The van der Waals surface area contributed by atoms with E-state index in [9.17, 15) is 8.42 Å². The molecule has 1 fully saturated rings. The molecular weight excluding hydrogens is 274 g/mol. The van der Waals surface area contributed by atoms with E-state index in [1.165, 1.54) is 19.0 Å². The van der Waals surface area contributed by atoms with Gasteiger partial charge in [-0.1, -0.05) is 12.8 Å². The van der Waals surface area contributed by atoms with E-state index in [1.807, 2.05) is 13.8 Å². The molecule has 112 valence electrons. The van der Waals surface area contributed by atoms with Gasteiger partial charge in [-0.05, 0) is 44.7 Å². The summed E-state index contributed by atoms with van der Waals surface area (Å²) in [6.45, 7) is 4.54. The standard InChI is InChI=1S/C14H23N3O2S/c1-3-15-13-9-6-10-16-14(13)20(18,19)17-11(2)12-7-4-5-8-12/h6,9-12,15,17H,3-5,7-8H2,1-2H3. The summed E-state index contributed by atoms with van der Waals surface area (Å²) in [5.74, 6) is 0.441. The quantitative estimate of drug-likeness (QED) is 0.845. The summed E-state index contributed by atoms with van der Waals surface area (Å²) < 4.78 is 27.7. The third-order valence-corrected chi connectivity index (χ3v) is 5.36. The summed E-state index contributed by atoms with van der Waals surface area (Å²) >= 11 is 0. The molecule has 0 amide bonds. The highest BCUT2D eigenvalue weighted by Crippen LogP contribution is 2.28. The topological polar surface area (TPSA) is 71.1 Å².